The maximum atomic E-state index is 12.2. The van der Waals surface area contributed by atoms with E-state index in [0.29, 0.717) is 16.9 Å². The highest BCUT2D eigenvalue weighted by atomic mass is 79.9. The number of amides is 1. The molecule has 0 bridgehead atoms. The van der Waals surface area contributed by atoms with E-state index in [9.17, 15) is 4.79 Å². The van der Waals surface area contributed by atoms with Gasteiger partial charge < -0.3 is 16.8 Å². The van der Waals surface area contributed by atoms with E-state index in [2.05, 4.69) is 21.2 Å². The molecule has 2 rings (SSSR count). The van der Waals surface area contributed by atoms with Crippen molar-refractivity contribution in [1.82, 2.24) is 5.32 Å². The lowest BCUT2D eigenvalue weighted by atomic mass is 10.1. The van der Waals surface area contributed by atoms with Crippen molar-refractivity contribution >= 4 is 33.2 Å². The van der Waals surface area contributed by atoms with Gasteiger partial charge in [-0.25, -0.2) is 0 Å². The molecule has 20 heavy (non-hydrogen) atoms. The predicted octanol–water partition coefficient (Wildman–Crippen LogP) is 3.10. The van der Waals surface area contributed by atoms with Gasteiger partial charge in [0.1, 0.15) is 0 Å². The van der Waals surface area contributed by atoms with E-state index < -0.39 is 0 Å². The monoisotopic (exact) mass is 333 g/mol. The molecule has 0 aliphatic heterocycles. The molecule has 0 fully saturated rings. The van der Waals surface area contributed by atoms with Crippen molar-refractivity contribution in [3.05, 3.63) is 58.1 Å². The van der Waals surface area contributed by atoms with E-state index >= 15 is 0 Å². The second-order valence-corrected chi connectivity index (χ2v) is 5.55. The number of halogens is 1. The molecular formula is C15H16BrN3O. The van der Waals surface area contributed by atoms with Crippen molar-refractivity contribution in [3.63, 3.8) is 0 Å². The SMILES string of the molecule is C[C@@H](NC(=O)c1cc(N)cc(N)c1)c1ccc(Br)cc1. The van der Waals surface area contributed by atoms with Crippen LogP contribution in [0, 0.1) is 0 Å². The molecule has 104 valence electrons. The number of nitrogen functional groups attached to an aromatic ring is 2. The largest absolute Gasteiger partial charge is 0.399 e. The minimum Gasteiger partial charge on any atom is -0.399 e. The second-order valence-electron chi connectivity index (χ2n) is 4.64. The average Bonchev–Trinajstić information content (AvgIpc) is 2.38. The van der Waals surface area contributed by atoms with Crippen LogP contribution in [-0.4, -0.2) is 5.91 Å². The lowest BCUT2D eigenvalue weighted by molar-refractivity contribution is 0.0940. The Morgan fingerprint density at radius 3 is 2.20 bits per heavy atom. The molecule has 0 spiro atoms. The molecule has 0 radical (unpaired) electrons. The molecule has 0 saturated heterocycles. The maximum absolute atomic E-state index is 12.2. The first kappa shape index (κ1) is 14.4. The summed E-state index contributed by atoms with van der Waals surface area (Å²) in [7, 11) is 0. The minimum atomic E-state index is -0.195. The highest BCUT2D eigenvalue weighted by Crippen LogP contribution is 2.18. The van der Waals surface area contributed by atoms with E-state index in [1.807, 2.05) is 31.2 Å². The molecule has 2 aromatic carbocycles. The van der Waals surface area contributed by atoms with Crippen LogP contribution in [0.4, 0.5) is 11.4 Å². The van der Waals surface area contributed by atoms with Crippen molar-refractivity contribution in [3.8, 4) is 0 Å². The van der Waals surface area contributed by atoms with Gasteiger partial charge >= 0.3 is 0 Å². The molecule has 1 atom stereocenters. The Morgan fingerprint density at radius 2 is 1.65 bits per heavy atom. The average molecular weight is 334 g/mol. The molecule has 0 saturated carbocycles. The smallest absolute Gasteiger partial charge is 0.251 e. The molecule has 0 heterocycles. The first-order chi connectivity index (χ1) is 9.45. The van der Waals surface area contributed by atoms with Crippen LogP contribution in [-0.2, 0) is 0 Å². The number of nitrogens with one attached hydrogen (secondary N) is 1. The Bertz CT molecular complexity index is 605. The van der Waals surface area contributed by atoms with Gasteiger partial charge in [-0.1, -0.05) is 28.1 Å². The quantitative estimate of drug-likeness (QED) is 0.755. The van der Waals surface area contributed by atoms with Crippen molar-refractivity contribution < 1.29 is 4.79 Å². The Kier molecular flexibility index (Phi) is 4.29. The van der Waals surface area contributed by atoms with Crippen LogP contribution in [0.1, 0.15) is 28.9 Å². The third kappa shape index (κ3) is 3.51. The Hall–Kier alpha value is -2.01. The second kappa shape index (κ2) is 5.96. The zero-order chi connectivity index (χ0) is 14.7. The number of hydrogen-bond acceptors (Lipinski definition) is 3. The fourth-order valence-electron chi connectivity index (χ4n) is 1.92. The molecule has 0 aromatic heterocycles. The Balaban J connectivity index is 2.12. The highest BCUT2D eigenvalue weighted by molar-refractivity contribution is 9.10. The number of rotatable bonds is 3. The molecular weight excluding hydrogens is 318 g/mol. The van der Waals surface area contributed by atoms with E-state index in [1.54, 1.807) is 18.2 Å². The number of anilines is 2. The first-order valence-corrected chi connectivity index (χ1v) is 6.97. The number of carbonyl (C=O) groups is 1. The van der Waals surface area contributed by atoms with Gasteiger partial charge in [-0.2, -0.15) is 0 Å². The van der Waals surface area contributed by atoms with E-state index in [-0.39, 0.29) is 11.9 Å². The first-order valence-electron chi connectivity index (χ1n) is 6.18. The Labute approximate surface area is 126 Å². The fourth-order valence-corrected chi connectivity index (χ4v) is 2.19. The van der Waals surface area contributed by atoms with Gasteiger partial charge in [-0.15, -0.1) is 0 Å². The summed E-state index contributed by atoms with van der Waals surface area (Å²) in [5, 5.41) is 2.92. The van der Waals surface area contributed by atoms with Crippen LogP contribution in [0.2, 0.25) is 0 Å². The van der Waals surface area contributed by atoms with E-state index in [1.165, 1.54) is 0 Å². The lowest BCUT2D eigenvalue weighted by Gasteiger charge is -2.15. The van der Waals surface area contributed by atoms with Gasteiger partial charge in [0.05, 0.1) is 6.04 Å². The van der Waals surface area contributed by atoms with Gasteiger partial charge in [-0.05, 0) is 42.8 Å². The summed E-state index contributed by atoms with van der Waals surface area (Å²) in [6.07, 6.45) is 0. The normalized spacial score (nSPS) is 11.9. The van der Waals surface area contributed by atoms with Gasteiger partial charge in [-0.3, -0.25) is 4.79 Å². The van der Waals surface area contributed by atoms with E-state index in [0.717, 1.165) is 10.0 Å². The zero-order valence-corrected chi connectivity index (χ0v) is 12.6. The standard InChI is InChI=1S/C15H16BrN3O/c1-9(10-2-4-12(16)5-3-10)19-15(20)11-6-13(17)8-14(18)7-11/h2-9H,17-18H2,1H3,(H,19,20)/t9-/m1/s1. The summed E-state index contributed by atoms with van der Waals surface area (Å²) in [6, 6.07) is 12.5. The number of benzene rings is 2. The molecule has 0 unspecified atom stereocenters. The zero-order valence-electron chi connectivity index (χ0n) is 11.1. The highest BCUT2D eigenvalue weighted by Gasteiger charge is 2.12. The summed E-state index contributed by atoms with van der Waals surface area (Å²) < 4.78 is 1.00. The third-order valence-corrected chi connectivity index (χ3v) is 3.49. The Morgan fingerprint density at radius 1 is 1.10 bits per heavy atom. The summed E-state index contributed by atoms with van der Waals surface area (Å²) >= 11 is 3.38. The molecule has 0 aliphatic carbocycles. The number of carbonyl (C=O) groups excluding carboxylic acids is 1. The summed E-state index contributed by atoms with van der Waals surface area (Å²) in [5.41, 5.74) is 13.8. The lowest BCUT2D eigenvalue weighted by Crippen LogP contribution is -2.26. The summed E-state index contributed by atoms with van der Waals surface area (Å²) in [5.74, 6) is -0.195. The molecule has 5 heteroatoms. The van der Waals surface area contributed by atoms with Crippen molar-refractivity contribution in [2.75, 3.05) is 11.5 Å². The topological polar surface area (TPSA) is 81.1 Å². The molecule has 5 N–H and O–H groups in total. The fraction of sp³-hybridized carbons (Fsp3) is 0.133. The van der Waals surface area contributed by atoms with Gasteiger partial charge in [0.25, 0.3) is 5.91 Å². The van der Waals surface area contributed by atoms with Crippen LogP contribution in [0.5, 0.6) is 0 Å². The summed E-state index contributed by atoms with van der Waals surface area (Å²) in [4.78, 5) is 12.2. The maximum Gasteiger partial charge on any atom is 0.251 e. The van der Waals surface area contributed by atoms with Crippen LogP contribution < -0.4 is 16.8 Å². The molecule has 1 amide bonds. The number of hydrogen-bond donors (Lipinski definition) is 3. The summed E-state index contributed by atoms with van der Waals surface area (Å²) in [6.45, 7) is 1.93. The third-order valence-electron chi connectivity index (χ3n) is 2.96. The van der Waals surface area contributed by atoms with Crippen LogP contribution in [0.25, 0.3) is 0 Å². The van der Waals surface area contributed by atoms with Crippen LogP contribution in [0.15, 0.2) is 46.9 Å². The number of nitrogens with two attached hydrogens (primary N) is 2. The molecule has 0 aliphatic rings. The van der Waals surface area contributed by atoms with E-state index in [4.69, 9.17) is 11.5 Å². The molecule has 4 nitrogen and oxygen atoms in total. The van der Waals surface area contributed by atoms with Gasteiger partial charge in [0.15, 0.2) is 0 Å². The van der Waals surface area contributed by atoms with Gasteiger partial charge in [0.2, 0.25) is 0 Å². The van der Waals surface area contributed by atoms with Crippen molar-refractivity contribution in [2.24, 2.45) is 0 Å². The van der Waals surface area contributed by atoms with Crippen molar-refractivity contribution in [1.29, 1.82) is 0 Å². The van der Waals surface area contributed by atoms with Crippen LogP contribution >= 0.6 is 15.9 Å². The minimum absolute atomic E-state index is 0.0988. The van der Waals surface area contributed by atoms with Crippen molar-refractivity contribution in [2.45, 2.75) is 13.0 Å². The van der Waals surface area contributed by atoms with Gasteiger partial charge in [0, 0.05) is 21.4 Å². The van der Waals surface area contributed by atoms with Crippen LogP contribution in [0.3, 0.4) is 0 Å². The predicted molar refractivity (Wildman–Crippen MR) is 85.3 cm³/mol. The molecule has 2 aromatic rings.